The Bertz CT molecular complexity index is 1560. The largest absolute Gasteiger partial charge is 0.495 e. The van der Waals surface area contributed by atoms with E-state index in [2.05, 4.69) is 45.4 Å². The Kier molecular flexibility index (Phi) is 6.42. The fourth-order valence-electron chi connectivity index (χ4n) is 5.10. The lowest BCUT2D eigenvalue weighted by Gasteiger charge is -2.27. The van der Waals surface area contributed by atoms with Crippen molar-refractivity contribution in [2.45, 2.75) is 20.1 Å². The number of nitrogen functional groups attached to an aromatic ring is 1. The first-order valence-corrected chi connectivity index (χ1v) is 13.3. The number of benzene rings is 2. The standard InChI is InChI=1S/C28H30N6O2S/c1-18-12-19-14-24(37-27(19)23(13-18)35-2)25-21(16-36-20-6-4-3-5-7-20)22(15-33-10-8-30-9-11-33)34-26(25)28(29)31-17-32-34/h3-7,12-14,17,30H,8-11,15-16H2,1-2H3,(H2,29,31,32). The molecule has 1 aliphatic heterocycles. The maximum absolute atomic E-state index is 6.54. The van der Waals surface area contributed by atoms with E-state index in [9.17, 15) is 0 Å². The predicted octanol–water partition coefficient (Wildman–Crippen LogP) is 4.49. The summed E-state index contributed by atoms with van der Waals surface area (Å²) < 4.78 is 15.1. The number of aromatic nitrogens is 3. The average Bonchev–Trinajstić information content (AvgIpc) is 3.47. The van der Waals surface area contributed by atoms with Gasteiger partial charge in [-0.15, -0.1) is 11.3 Å². The van der Waals surface area contributed by atoms with Gasteiger partial charge < -0.3 is 20.5 Å². The van der Waals surface area contributed by atoms with Gasteiger partial charge in [-0.05, 0) is 42.1 Å². The van der Waals surface area contributed by atoms with Crippen molar-refractivity contribution in [2.75, 3.05) is 39.0 Å². The van der Waals surface area contributed by atoms with Gasteiger partial charge in [0, 0.05) is 48.7 Å². The molecule has 0 radical (unpaired) electrons. The Labute approximate surface area is 219 Å². The minimum Gasteiger partial charge on any atom is -0.495 e. The molecule has 0 atom stereocenters. The highest BCUT2D eigenvalue weighted by atomic mass is 32.1. The minimum atomic E-state index is 0.397. The summed E-state index contributed by atoms with van der Waals surface area (Å²) in [5, 5.41) is 9.26. The number of rotatable bonds is 7. The van der Waals surface area contributed by atoms with E-state index in [1.807, 2.05) is 34.8 Å². The van der Waals surface area contributed by atoms with Gasteiger partial charge in [0.1, 0.15) is 29.9 Å². The maximum atomic E-state index is 6.54. The summed E-state index contributed by atoms with van der Waals surface area (Å²) in [5.74, 6) is 2.16. The first-order chi connectivity index (χ1) is 18.1. The van der Waals surface area contributed by atoms with Gasteiger partial charge >= 0.3 is 0 Å². The number of aryl methyl sites for hydroxylation is 1. The zero-order valence-electron chi connectivity index (χ0n) is 21.0. The Hall–Kier alpha value is -3.66. The van der Waals surface area contributed by atoms with Crippen LogP contribution in [0.3, 0.4) is 0 Å². The average molecular weight is 515 g/mol. The van der Waals surface area contributed by atoms with Crippen molar-refractivity contribution in [1.82, 2.24) is 24.8 Å². The number of hydrogen-bond acceptors (Lipinski definition) is 8. The van der Waals surface area contributed by atoms with Gasteiger partial charge in [0.05, 0.1) is 17.5 Å². The van der Waals surface area contributed by atoms with E-state index in [4.69, 9.17) is 15.2 Å². The van der Waals surface area contributed by atoms with Crippen LogP contribution >= 0.6 is 11.3 Å². The number of methoxy groups -OCH3 is 1. The molecule has 1 aliphatic rings. The number of hydrogen-bond donors (Lipinski definition) is 2. The molecule has 0 saturated carbocycles. The zero-order chi connectivity index (χ0) is 25.4. The molecule has 37 heavy (non-hydrogen) atoms. The second kappa shape index (κ2) is 10.0. The second-order valence-electron chi connectivity index (χ2n) is 9.33. The molecule has 190 valence electrons. The summed E-state index contributed by atoms with van der Waals surface area (Å²) in [4.78, 5) is 7.92. The van der Waals surface area contributed by atoms with Crippen molar-refractivity contribution < 1.29 is 9.47 Å². The molecule has 3 N–H and O–H groups in total. The van der Waals surface area contributed by atoms with Crippen LogP contribution in [0.4, 0.5) is 5.82 Å². The van der Waals surface area contributed by atoms with E-state index in [0.29, 0.717) is 12.4 Å². The Balaban J connectivity index is 1.56. The van der Waals surface area contributed by atoms with E-state index in [1.165, 1.54) is 6.33 Å². The quantitative estimate of drug-likeness (QED) is 0.331. The molecule has 5 aromatic rings. The van der Waals surface area contributed by atoms with E-state index in [-0.39, 0.29) is 0 Å². The molecule has 2 aromatic carbocycles. The number of piperazine rings is 1. The van der Waals surface area contributed by atoms with E-state index in [1.54, 1.807) is 18.4 Å². The summed E-state index contributed by atoms with van der Waals surface area (Å²) in [6, 6.07) is 16.4. The van der Waals surface area contributed by atoms with Crippen molar-refractivity contribution in [1.29, 1.82) is 0 Å². The molecule has 0 bridgehead atoms. The Morgan fingerprint density at radius 2 is 1.92 bits per heavy atom. The number of nitrogens with two attached hydrogens (primary N) is 1. The van der Waals surface area contributed by atoms with Crippen LogP contribution in [-0.4, -0.2) is 52.8 Å². The molecule has 0 amide bonds. The van der Waals surface area contributed by atoms with Crippen LogP contribution in [0, 0.1) is 6.92 Å². The smallest absolute Gasteiger partial charge is 0.152 e. The molecule has 0 aliphatic carbocycles. The van der Waals surface area contributed by atoms with E-state index < -0.39 is 0 Å². The topological polar surface area (TPSA) is 89.9 Å². The first kappa shape index (κ1) is 23.7. The van der Waals surface area contributed by atoms with Crippen LogP contribution in [0.15, 0.2) is 54.9 Å². The van der Waals surface area contributed by atoms with Gasteiger partial charge in [-0.1, -0.05) is 24.3 Å². The second-order valence-corrected chi connectivity index (χ2v) is 10.4. The van der Waals surface area contributed by atoms with Gasteiger partial charge in [-0.25, -0.2) is 9.50 Å². The SMILES string of the molecule is COc1cc(C)cc2cc(-c3c(COc4ccccc4)c(CN4CCNCC4)n4ncnc(N)c34)sc12. The Morgan fingerprint density at radius 3 is 2.70 bits per heavy atom. The van der Waals surface area contributed by atoms with Gasteiger partial charge in [0.25, 0.3) is 0 Å². The highest BCUT2D eigenvalue weighted by molar-refractivity contribution is 7.22. The van der Waals surface area contributed by atoms with E-state index in [0.717, 1.165) is 87.1 Å². The van der Waals surface area contributed by atoms with Crippen molar-refractivity contribution in [3.05, 3.63) is 71.7 Å². The van der Waals surface area contributed by atoms with Gasteiger partial charge in [0.15, 0.2) is 5.82 Å². The molecule has 1 fully saturated rings. The molecular weight excluding hydrogens is 484 g/mol. The third kappa shape index (κ3) is 4.50. The number of fused-ring (bicyclic) bond motifs is 2. The lowest BCUT2D eigenvalue weighted by molar-refractivity contribution is 0.226. The third-order valence-corrected chi connectivity index (χ3v) is 8.05. The summed E-state index contributed by atoms with van der Waals surface area (Å²) in [6.07, 6.45) is 1.53. The monoisotopic (exact) mass is 514 g/mol. The van der Waals surface area contributed by atoms with Crippen molar-refractivity contribution in [3.63, 3.8) is 0 Å². The highest BCUT2D eigenvalue weighted by Crippen LogP contribution is 2.44. The predicted molar refractivity (Wildman–Crippen MR) is 148 cm³/mol. The lowest BCUT2D eigenvalue weighted by atomic mass is 10.1. The van der Waals surface area contributed by atoms with Crippen LogP contribution in [0.1, 0.15) is 16.8 Å². The van der Waals surface area contributed by atoms with Gasteiger partial charge in [-0.3, -0.25) is 4.90 Å². The fraction of sp³-hybridized carbons (Fsp3) is 0.286. The number of anilines is 1. The van der Waals surface area contributed by atoms with Gasteiger partial charge in [0.2, 0.25) is 0 Å². The Morgan fingerprint density at radius 1 is 1.11 bits per heavy atom. The minimum absolute atomic E-state index is 0.397. The van der Waals surface area contributed by atoms with Crippen LogP contribution in [0.5, 0.6) is 11.5 Å². The molecule has 0 unspecified atom stereocenters. The van der Waals surface area contributed by atoms with Gasteiger partial charge in [-0.2, -0.15) is 5.10 Å². The first-order valence-electron chi connectivity index (χ1n) is 12.4. The number of para-hydroxylation sites is 1. The highest BCUT2D eigenvalue weighted by Gasteiger charge is 2.26. The molecule has 0 spiro atoms. The molecule has 8 nitrogen and oxygen atoms in total. The number of thiophene rings is 1. The fourth-order valence-corrected chi connectivity index (χ4v) is 6.30. The molecule has 6 rings (SSSR count). The summed E-state index contributed by atoms with van der Waals surface area (Å²) in [6.45, 7) is 7.12. The van der Waals surface area contributed by atoms with E-state index >= 15 is 0 Å². The summed E-state index contributed by atoms with van der Waals surface area (Å²) in [5.41, 5.74) is 11.7. The molecular formula is C28H30N6O2S. The summed E-state index contributed by atoms with van der Waals surface area (Å²) in [7, 11) is 1.72. The molecule has 1 saturated heterocycles. The van der Waals surface area contributed by atoms with Crippen molar-refractivity contribution >= 4 is 32.8 Å². The number of nitrogens with zero attached hydrogens (tertiary/aromatic N) is 4. The van der Waals surface area contributed by atoms with Crippen molar-refractivity contribution in [3.8, 4) is 21.9 Å². The van der Waals surface area contributed by atoms with Crippen LogP contribution in [0.2, 0.25) is 0 Å². The molecule has 4 heterocycles. The van der Waals surface area contributed by atoms with Crippen LogP contribution < -0.4 is 20.5 Å². The van der Waals surface area contributed by atoms with Crippen molar-refractivity contribution in [2.24, 2.45) is 0 Å². The molecule has 9 heteroatoms. The number of nitrogens with one attached hydrogen (secondary N) is 1. The third-order valence-electron chi connectivity index (χ3n) is 6.86. The lowest BCUT2D eigenvalue weighted by Crippen LogP contribution is -2.43. The summed E-state index contributed by atoms with van der Waals surface area (Å²) >= 11 is 1.70. The molecule has 3 aromatic heterocycles. The maximum Gasteiger partial charge on any atom is 0.152 e. The number of ether oxygens (including phenoxy) is 2. The normalized spacial score (nSPS) is 14.4. The van der Waals surface area contributed by atoms with Crippen LogP contribution in [0.25, 0.3) is 26.0 Å². The van der Waals surface area contributed by atoms with Crippen LogP contribution in [-0.2, 0) is 13.2 Å². The zero-order valence-corrected chi connectivity index (χ0v) is 21.8.